The van der Waals surface area contributed by atoms with Gasteiger partial charge in [-0.05, 0) is 77.5 Å². The molecule has 1 N–H and O–H groups in total. The Morgan fingerprint density at radius 2 is 1.77 bits per heavy atom. The summed E-state index contributed by atoms with van der Waals surface area (Å²) < 4.78 is 41.3. The van der Waals surface area contributed by atoms with Gasteiger partial charge in [0.05, 0.1) is 5.69 Å². The van der Waals surface area contributed by atoms with E-state index in [-0.39, 0.29) is 5.69 Å². The molecule has 1 amide bonds. The highest BCUT2D eigenvalue weighted by atomic mass is 127. The van der Waals surface area contributed by atoms with Crippen LogP contribution in [0.5, 0.6) is 0 Å². The molecule has 2 aromatic carbocycles. The van der Waals surface area contributed by atoms with Crippen LogP contribution in [0, 0.1) is 16.3 Å². The van der Waals surface area contributed by atoms with E-state index < -0.39 is 28.5 Å². The molecule has 0 radical (unpaired) electrons. The molecule has 2 rings (SSSR count). The summed E-state index contributed by atoms with van der Waals surface area (Å²) in [5, 5.41) is 2.72. The van der Waals surface area contributed by atoms with E-state index in [1.165, 1.54) is 26.2 Å². The molecule has 0 fully saturated rings. The quantitative estimate of drug-likeness (QED) is 0.632. The van der Waals surface area contributed by atoms with Gasteiger partial charge in [-0.3, -0.25) is 4.79 Å². The van der Waals surface area contributed by atoms with E-state index in [1.807, 2.05) is 19.1 Å². The Hall–Kier alpha value is -1.72. The third-order valence-corrected chi connectivity index (χ3v) is 6.10. The SMILES string of the molecule is Cc1cc(I)ccc1NC(=O)CN(c1ccc(F)cc1)S(=O)(=O)N(C)C. The lowest BCUT2D eigenvalue weighted by molar-refractivity contribution is -0.114. The minimum atomic E-state index is -3.93. The molecule has 0 atom stereocenters. The number of hydrogen-bond donors (Lipinski definition) is 1. The molecule has 6 nitrogen and oxygen atoms in total. The van der Waals surface area contributed by atoms with Crippen LogP contribution in [0.2, 0.25) is 0 Å². The van der Waals surface area contributed by atoms with Crippen molar-refractivity contribution in [2.24, 2.45) is 0 Å². The second-order valence-electron chi connectivity index (χ2n) is 5.78. The van der Waals surface area contributed by atoms with Crippen LogP contribution in [0.4, 0.5) is 15.8 Å². The van der Waals surface area contributed by atoms with E-state index in [4.69, 9.17) is 0 Å². The lowest BCUT2D eigenvalue weighted by atomic mass is 10.2. The number of carbonyl (C=O) groups is 1. The first-order chi connectivity index (χ1) is 12.1. The molecule has 0 aliphatic carbocycles. The standard InChI is InChI=1S/C17H19FIN3O3S/c1-12-10-14(19)6-9-16(12)20-17(23)11-22(26(24,25)21(2)3)15-7-4-13(18)5-8-15/h4-10H,11H2,1-3H3,(H,20,23). The zero-order valence-electron chi connectivity index (χ0n) is 14.5. The minimum Gasteiger partial charge on any atom is -0.324 e. The molecule has 0 saturated carbocycles. The van der Waals surface area contributed by atoms with Crippen LogP contribution in [-0.2, 0) is 15.0 Å². The van der Waals surface area contributed by atoms with Crippen LogP contribution < -0.4 is 9.62 Å². The summed E-state index contributed by atoms with van der Waals surface area (Å²) in [5.74, 6) is -0.987. The smallest absolute Gasteiger partial charge is 0.304 e. The number of anilines is 2. The monoisotopic (exact) mass is 491 g/mol. The largest absolute Gasteiger partial charge is 0.324 e. The van der Waals surface area contributed by atoms with Crippen LogP contribution in [0.3, 0.4) is 0 Å². The van der Waals surface area contributed by atoms with Crippen molar-refractivity contribution in [3.8, 4) is 0 Å². The summed E-state index contributed by atoms with van der Waals surface area (Å²) in [6.07, 6.45) is 0. The zero-order valence-corrected chi connectivity index (χ0v) is 17.5. The van der Waals surface area contributed by atoms with Gasteiger partial charge >= 0.3 is 10.2 Å². The first kappa shape index (κ1) is 20.6. The maximum Gasteiger partial charge on any atom is 0.304 e. The number of rotatable bonds is 6. The molecular weight excluding hydrogens is 472 g/mol. The lowest BCUT2D eigenvalue weighted by Crippen LogP contribution is -2.44. The molecule has 0 bridgehead atoms. The van der Waals surface area contributed by atoms with Gasteiger partial charge in [0.15, 0.2) is 0 Å². The number of nitrogens with one attached hydrogen (secondary N) is 1. The predicted molar refractivity (Wildman–Crippen MR) is 109 cm³/mol. The van der Waals surface area contributed by atoms with Crippen molar-refractivity contribution >= 4 is 50.1 Å². The van der Waals surface area contributed by atoms with Crippen molar-refractivity contribution in [2.45, 2.75) is 6.92 Å². The fourth-order valence-corrected chi connectivity index (χ4v) is 3.91. The van der Waals surface area contributed by atoms with Crippen molar-refractivity contribution in [3.63, 3.8) is 0 Å². The minimum absolute atomic E-state index is 0.203. The first-order valence-electron chi connectivity index (χ1n) is 7.63. The van der Waals surface area contributed by atoms with Gasteiger partial charge in [-0.1, -0.05) is 0 Å². The Bertz CT molecular complexity index is 902. The zero-order chi connectivity index (χ0) is 19.5. The third kappa shape index (κ3) is 4.92. The molecule has 0 aliphatic heterocycles. The van der Waals surface area contributed by atoms with E-state index >= 15 is 0 Å². The van der Waals surface area contributed by atoms with Crippen molar-refractivity contribution in [3.05, 3.63) is 57.4 Å². The Kier molecular flexibility index (Phi) is 6.58. The number of halogens is 2. The van der Waals surface area contributed by atoms with Crippen molar-refractivity contribution in [1.29, 1.82) is 0 Å². The molecule has 9 heteroatoms. The number of hydrogen-bond acceptors (Lipinski definition) is 3. The second-order valence-corrected chi connectivity index (χ2v) is 9.09. The van der Waals surface area contributed by atoms with Gasteiger partial charge < -0.3 is 5.32 Å². The van der Waals surface area contributed by atoms with Gasteiger partial charge in [0.1, 0.15) is 12.4 Å². The average molecular weight is 491 g/mol. The molecule has 0 saturated heterocycles. The van der Waals surface area contributed by atoms with E-state index in [0.29, 0.717) is 5.69 Å². The molecule has 0 unspecified atom stereocenters. The molecule has 0 spiro atoms. The van der Waals surface area contributed by atoms with Crippen LogP contribution in [0.1, 0.15) is 5.56 Å². The van der Waals surface area contributed by atoms with E-state index in [0.717, 1.165) is 29.9 Å². The molecule has 2 aromatic rings. The Labute approximate surface area is 166 Å². The summed E-state index contributed by atoms with van der Waals surface area (Å²) in [6.45, 7) is 1.42. The summed E-state index contributed by atoms with van der Waals surface area (Å²) in [7, 11) is -1.19. The van der Waals surface area contributed by atoms with Gasteiger partial charge in [-0.25, -0.2) is 8.70 Å². The molecule has 0 aromatic heterocycles. The number of benzene rings is 2. The molecule has 140 valence electrons. The van der Waals surface area contributed by atoms with Gasteiger partial charge in [-0.15, -0.1) is 0 Å². The Balaban J connectivity index is 2.28. The fourth-order valence-electron chi connectivity index (χ4n) is 2.20. The van der Waals surface area contributed by atoms with Crippen molar-refractivity contribution < 1.29 is 17.6 Å². The number of aryl methyl sites for hydroxylation is 1. The predicted octanol–water partition coefficient (Wildman–Crippen LogP) is 2.99. The van der Waals surface area contributed by atoms with Crippen LogP contribution in [0.25, 0.3) is 0 Å². The summed E-state index contributed by atoms with van der Waals surface area (Å²) in [5.41, 5.74) is 1.68. The fraction of sp³-hybridized carbons (Fsp3) is 0.235. The average Bonchev–Trinajstić information content (AvgIpc) is 2.56. The summed E-state index contributed by atoms with van der Waals surface area (Å²) in [6, 6.07) is 10.4. The molecule has 26 heavy (non-hydrogen) atoms. The third-order valence-electron chi connectivity index (χ3n) is 3.60. The molecule has 0 heterocycles. The molecule has 0 aliphatic rings. The van der Waals surface area contributed by atoms with Gasteiger partial charge in [0, 0.05) is 23.4 Å². The highest BCUT2D eigenvalue weighted by molar-refractivity contribution is 14.1. The van der Waals surface area contributed by atoms with Crippen molar-refractivity contribution in [2.75, 3.05) is 30.3 Å². The number of amides is 1. The topological polar surface area (TPSA) is 69.7 Å². The van der Waals surface area contributed by atoms with Crippen LogP contribution in [0.15, 0.2) is 42.5 Å². The lowest BCUT2D eigenvalue weighted by Gasteiger charge is -2.27. The highest BCUT2D eigenvalue weighted by Crippen LogP contribution is 2.21. The summed E-state index contributed by atoms with van der Waals surface area (Å²) >= 11 is 2.17. The maximum atomic E-state index is 13.2. The van der Waals surface area contributed by atoms with Gasteiger partial charge in [0.25, 0.3) is 0 Å². The van der Waals surface area contributed by atoms with Crippen LogP contribution in [-0.4, -0.2) is 39.3 Å². The van der Waals surface area contributed by atoms with E-state index in [9.17, 15) is 17.6 Å². The summed E-state index contributed by atoms with van der Waals surface area (Å²) in [4.78, 5) is 12.5. The second kappa shape index (κ2) is 8.31. The Morgan fingerprint density at radius 1 is 1.15 bits per heavy atom. The first-order valence-corrected chi connectivity index (χ1v) is 10.1. The number of carbonyl (C=O) groups excluding carboxylic acids is 1. The van der Waals surface area contributed by atoms with E-state index in [1.54, 1.807) is 6.07 Å². The number of nitrogens with zero attached hydrogens (tertiary/aromatic N) is 2. The maximum absolute atomic E-state index is 13.2. The highest BCUT2D eigenvalue weighted by Gasteiger charge is 2.27. The van der Waals surface area contributed by atoms with Crippen LogP contribution >= 0.6 is 22.6 Å². The Morgan fingerprint density at radius 3 is 2.31 bits per heavy atom. The molecular formula is C17H19FIN3O3S. The van der Waals surface area contributed by atoms with E-state index in [2.05, 4.69) is 27.9 Å². The normalized spacial score (nSPS) is 11.5. The van der Waals surface area contributed by atoms with Gasteiger partial charge in [-0.2, -0.15) is 12.7 Å². The van der Waals surface area contributed by atoms with Gasteiger partial charge in [0.2, 0.25) is 5.91 Å². The van der Waals surface area contributed by atoms with Crippen molar-refractivity contribution in [1.82, 2.24) is 4.31 Å².